The Morgan fingerprint density at radius 2 is 1.83 bits per heavy atom. The summed E-state index contributed by atoms with van der Waals surface area (Å²) in [4.78, 5) is 16.2. The third kappa shape index (κ3) is 4.99. The van der Waals surface area contributed by atoms with Crippen LogP contribution in [0.25, 0.3) is 16.9 Å². The molecule has 0 saturated carbocycles. The molecule has 0 unspecified atom stereocenters. The van der Waals surface area contributed by atoms with Gasteiger partial charge in [-0.15, -0.1) is 10.2 Å². The van der Waals surface area contributed by atoms with E-state index >= 15 is 0 Å². The summed E-state index contributed by atoms with van der Waals surface area (Å²) in [6.07, 6.45) is 5.37. The number of nitrogens with one attached hydrogen (secondary N) is 1. The second-order valence-corrected chi connectivity index (χ2v) is 8.05. The number of rotatable bonds is 6. The molecule has 4 aromatic rings. The number of carbonyl (C=O) groups excluding carboxylic acids is 1. The van der Waals surface area contributed by atoms with E-state index in [1.807, 2.05) is 47.2 Å². The second kappa shape index (κ2) is 9.30. The standard InChI is InChI=1S/C21H15Cl2N5OS/c22-17-6-3-15(11-18(17)23)25-20(29)12-30-21-8-7-19(26-27-21)14-1-4-16(5-2-14)28-10-9-24-13-28/h1-11,13H,12H2,(H,25,29). The van der Waals surface area contributed by atoms with Gasteiger partial charge >= 0.3 is 0 Å². The van der Waals surface area contributed by atoms with Crippen LogP contribution in [0, 0.1) is 0 Å². The van der Waals surface area contributed by atoms with Crippen LogP contribution in [0.2, 0.25) is 10.0 Å². The summed E-state index contributed by atoms with van der Waals surface area (Å²) in [6, 6.07) is 16.6. The normalized spacial score (nSPS) is 10.7. The Kier molecular flexibility index (Phi) is 6.32. The van der Waals surface area contributed by atoms with Gasteiger partial charge in [-0.25, -0.2) is 4.98 Å². The van der Waals surface area contributed by atoms with Gasteiger partial charge < -0.3 is 9.88 Å². The number of halogens is 2. The summed E-state index contributed by atoms with van der Waals surface area (Å²) in [6.45, 7) is 0. The van der Waals surface area contributed by atoms with E-state index in [0.717, 1.165) is 16.9 Å². The highest BCUT2D eigenvalue weighted by atomic mass is 35.5. The van der Waals surface area contributed by atoms with Crippen LogP contribution in [-0.4, -0.2) is 31.4 Å². The van der Waals surface area contributed by atoms with Gasteiger partial charge in [0.2, 0.25) is 5.91 Å². The Morgan fingerprint density at radius 1 is 1.00 bits per heavy atom. The van der Waals surface area contributed by atoms with Gasteiger partial charge in [0.15, 0.2) is 0 Å². The smallest absolute Gasteiger partial charge is 0.234 e. The van der Waals surface area contributed by atoms with Crippen molar-refractivity contribution in [2.45, 2.75) is 5.03 Å². The number of nitrogens with zero attached hydrogens (tertiary/aromatic N) is 4. The topological polar surface area (TPSA) is 72.7 Å². The number of thioether (sulfide) groups is 1. The SMILES string of the molecule is O=C(CSc1ccc(-c2ccc(-n3ccnc3)cc2)nn1)Nc1ccc(Cl)c(Cl)c1. The molecule has 2 aromatic heterocycles. The van der Waals surface area contributed by atoms with E-state index in [4.69, 9.17) is 23.2 Å². The van der Waals surface area contributed by atoms with Crippen LogP contribution in [0.3, 0.4) is 0 Å². The number of hydrogen-bond donors (Lipinski definition) is 1. The maximum absolute atomic E-state index is 12.1. The first-order valence-electron chi connectivity index (χ1n) is 8.89. The minimum atomic E-state index is -0.167. The summed E-state index contributed by atoms with van der Waals surface area (Å²) in [5.74, 6) is 0.0350. The van der Waals surface area contributed by atoms with Gasteiger partial charge in [0.1, 0.15) is 5.03 Å². The van der Waals surface area contributed by atoms with Crippen LogP contribution in [-0.2, 0) is 4.79 Å². The van der Waals surface area contributed by atoms with Gasteiger partial charge in [0.25, 0.3) is 0 Å². The number of aromatic nitrogens is 4. The number of imidazole rings is 1. The van der Waals surface area contributed by atoms with E-state index in [1.165, 1.54) is 11.8 Å². The van der Waals surface area contributed by atoms with Crippen molar-refractivity contribution in [3.63, 3.8) is 0 Å². The van der Waals surface area contributed by atoms with E-state index in [-0.39, 0.29) is 11.7 Å². The first kappa shape index (κ1) is 20.4. The molecule has 2 aromatic carbocycles. The molecule has 1 amide bonds. The van der Waals surface area contributed by atoms with Crippen molar-refractivity contribution < 1.29 is 4.79 Å². The summed E-state index contributed by atoms with van der Waals surface area (Å²) in [5.41, 5.74) is 3.33. The molecule has 0 bridgehead atoms. The Balaban J connectivity index is 1.34. The van der Waals surface area contributed by atoms with Crippen molar-refractivity contribution in [3.05, 3.63) is 83.4 Å². The predicted molar refractivity (Wildman–Crippen MR) is 120 cm³/mol. The van der Waals surface area contributed by atoms with Gasteiger partial charge in [-0.05, 0) is 42.5 Å². The summed E-state index contributed by atoms with van der Waals surface area (Å²) in [5, 5.41) is 12.8. The Bertz CT molecular complexity index is 1150. The molecule has 0 aliphatic heterocycles. The molecule has 4 rings (SSSR count). The molecule has 30 heavy (non-hydrogen) atoms. The summed E-state index contributed by atoms with van der Waals surface area (Å²) in [7, 11) is 0. The van der Waals surface area contributed by atoms with E-state index < -0.39 is 0 Å². The molecule has 0 fully saturated rings. The Labute approximate surface area is 187 Å². The fraction of sp³-hybridized carbons (Fsp3) is 0.0476. The van der Waals surface area contributed by atoms with Gasteiger partial charge in [-0.2, -0.15) is 0 Å². The predicted octanol–water partition coefficient (Wildman–Crippen LogP) is 5.37. The largest absolute Gasteiger partial charge is 0.325 e. The molecule has 0 aliphatic carbocycles. The average Bonchev–Trinajstić information content (AvgIpc) is 3.30. The third-order valence-corrected chi connectivity index (χ3v) is 5.82. The maximum atomic E-state index is 12.1. The third-order valence-electron chi connectivity index (χ3n) is 4.16. The first-order chi connectivity index (χ1) is 14.6. The van der Waals surface area contributed by atoms with E-state index in [2.05, 4.69) is 20.5 Å². The zero-order valence-electron chi connectivity index (χ0n) is 15.5. The first-order valence-corrected chi connectivity index (χ1v) is 10.6. The number of amides is 1. The highest BCUT2D eigenvalue weighted by Gasteiger charge is 2.08. The number of hydrogen-bond acceptors (Lipinski definition) is 5. The zero-order chi connectivity index (χ0) is 20.9. The lowest BCUT2D eigenvalue weighted by molar-refractivity contribution is -0.113. The summed E-state index contributed by atoms with van der Waals surface area (Å²) >= 11 is 13.1. The second-order valence-electron chi connectivity index (χ2n) is 6.24. The quantitative estimate of drug-likeness (QED) is 0.395. The van der Waals surface area contributed by atoms with Gasteiger partial charge in [0, 0.05) is 29.3 Å². The van der Waals surface area contributed by atoms with Crippen molar-refractivity contribution in [2.75, 3.05) is 11.1 Å². The molecule has 9 heteroatoms. The van der Waals surface area contributed by atoms with Crippen LogP contribution < -0.4 is 5.32 Å². The van der Waals surface area contributed by atoms with Crippen molar-refractivity contribution in [3.8, 4) is 16.9 Å². The van der Waals surface area contributed by atoms with Crippen molar-refractivity contribution in [2.24, 2.45) is 0 Å². The molecular formula is C21H15Cl2N5OS. The molecule has 1 N–H and O–H groups in total. The monoisotopic (exact) mass is 455 g/mol. The van der Waals surface area contributed by atoms with Gasteiger partial charge in [-0.1, -0.05) is 47.1 Å². The number of carbonyl (C=O) groups is 1. The lowest BCUT2D eigenvalue weighted by Gasteiger charge is -2.07. The fourth-order valence-electron chi connectivity index (χ4n) is 2.68. The molecule has 150 valence electrons. The Hall–Kier alpha value is -2.87. The minimum Gasteiger partial charge on any atom is -0.325 e. The maximum Gasteiger partial charge on any atom is 0.234 e. The van der Waals surface area contributed by atoms with Crippen LogP contribution in [0.15, 0.2) is 78.3 Å². The Morgan fingerprint density at radius 3 is 2.50 bits per heavy atom. The van der Waals surface area contributed by atoms with Crippen molar-refractivity contribution in [1.82, 2.24) is 19.7 Å². The highest BCUT2D eigenvalue weighted by Crippen LogP contribution is 2.25. The molecule has 2 heterocycles. The van der Waals surface area contributed by atoms with E-state index in [0.29, 0.717) is 20.8 Å². The molecule has 6 nitrogen and oxygen atoms in total. The lowest BCUT2D eigenvalue weighted by atomic mass is 10.1. The molecule has 0 spiro atoms. The molecular weight excluding hydrogens is 441 g/mol. The lowest BCUT2D eigenvalue weighted by Crippen LogP contribution is -2.14. The van der Waals surface area contributed by atoms with Crippen LogP contribution >= 0.6 is 35.0 Å². The van der Waals surface area contributed by atoms with Crippen LogP contribution in [0.1, 0.15) is 0 Å². The fourth-order valence-corrected chi connectivity index (χ4v) is 3.59. The van der Waals surface area contributed by atoms with Gasteiger partial charge in [0.05, 0.1) is 27.8 Å². The molecule has 0 atom stereocenters. The van der Waals surface area contributed by atoms with Crippen molar-refractivity contribution >= 4 is 46.6 Å². The van der Waals surface area contributed by atoms with E-state index in [9.17, 15) is 4.79 Å². The van der Waals surface area contributed by atoms with Crippen LogP contribution in [0.4, 0.5) is 5.69 Å². The average molecular weight is 456 g/mol. The zero-order valence-corrected chi connectivity index (χ0v) is 17.8. The van der Waals surface area contributed by atoms with Gasteiger partial charge in [-0.3, -0.25) is 4.79 Å². The number of benzene rings is 2. The molecule has 0 aliphatic rings. The molecule has 0 saturated heterocycles. The van der Waals surface area contributed by atoms with Crippen molar-refractivity contribution in [1.29, 1.82) is 0 Å². The number of anilines is 1. The molecule has 0 radical (unpaired) electrons. The highest BCUT2D eigenvalue weighted by molar-refractivity contribution is 7.99. The minimum absolute atomic E-state index is 0.167. The van der Waals surface area contributed by atoms with E-state index in [1.54, 1.807) is 30.7 Å². The summed E-state index contributed by atoms with van der Waals surface area (Å²) < 4.78 is 1.93. The van der Waals surface area contributed by atoms with Crippen LogP contribution in [0.5, 0.6) is 0 Å².